The summed E-state index contributed by atoms with van der Waals surface area (Å²) < 4.78 is 0. The quantitative estimate of drug-likeness (QED) is 0.468. The number of aliphatic hydroxyl groups excluding tert-OH is 1. The maximum atomic E-state index is 9.34. The molecule has 0 bridgehead atoms. The van der Waals surface area contributed by atoms with Gasteiger partial charge in [-0.15, -0.1) is 0 Å². The van der Waals surface area contributed by atoms with Crippen molar-refractivity contribution in [1.82, 2.24) is 9.97 Å². The number of nitrogen functional groups attached to an aromatic ring is 2. The van der Waals surface area contributed by atoms with Crippen molar-refractivity contribution in [3.63, 3.8) is 0 Å². The van der Waals surface area contributed by atoms with E-state index in [4.69, 9.17) is 16.6 Å². The highest BCUT2D eigenvalue weighted by Crippen LogP contribution is 2.45. The van der Waals surface area contributed by atoms with E-state index in [0.29, 0.717) is 12.4 Å². The largest absolute Gasteiger partial charge is 0.492 e. The average molecular weight is 225 g/mol. The van der Waals surface area contributed by atoms with Crippen LogP contribution in [0.2, 0.25) is 0 Å². The molecule has 7 nitrogen and oxygen atoms in total. The molecule has 1 heterocycles. The van der Waals surface area contributed by atoms with Gasteiger partial charge < -0.3 is 27.0 Å². The van der Waals surface area contributed by atoms with Crippen LogP contribution in [-0.2, 0) is 0 Å². The van der Waals surface area contributed by atoms with Crippen LogP contribution in [-0.4, -0.2) is 33.3 Å². The molecule has 0 radical (unpaired) electrons. The summed E-state index contributed by atoms with van der Waals surface area (Å²) in [5.74, 6) is -0.0587. The van der Waals surface area contributed by atoms with Crippen LogP contribution >= 0.6 is 0 Å². The van der Waals surface area contributed by atoms with E-state index in [2.05, 4.69) is 15.3 Å². The lowest BCUT2D eigenvalue weighted by Crippen LogP contribution is -2.20. The minimum Gasteiger partial charge on any atom is -0.492 e. The number of aromatic nitrogens is 2. The van der Waals surface area contributed by atoms with Crippen LogP contribution in [0, 0.1) is 5.41 Å². The van der Waals surface area contributed by atoms with Crippen molar-refractivity contribution < 1.29 is 10.2 Å². The van der Waals surface area contributed by atoms with Crippen molar-refractivity contribution >= 4 is 17.5 Å². The van der Waals surface area contributed by atoms with Crippen molar-refractivity contribution in [1.29, 1.82) is 0 Å². The number of nitrogens with two attached hydrogens (primary N) is 2. The van der Waals surface area contributed by atoms with Crippen molar-refractivity contribution in [2.24, 2.45) is 5.41 Å². The van der Waals surface area contributed by atoms with Crippen LogP contribution in [0.5, 0.6) is 5.88 Å². The SMILES string of the molecule is Nc1nc(O)c(N)c(NCC2(CO)CC2)n1. The molecule has 1 aromatic rings. The van der Waals surface area contributed by atoms with Crippen molar-refractivity contribution in [3.05, 3.63) is 0 Å². The van der Waals surface area contributed by atoms with Crippen LogP contribution < -0.4 is 16.8 Å². The molecule has 0 spiro atoms. The molecule has 1 aromatic heterocycles. The fraction of sp³-hybridized carbons (Fsp3) is 0.556. The molecule has 1 aliphatic rings. The molecular formula is C9H15N5O2. The Morgan fingerprint density at radius 3 is 2.56 bits per heavy atom. The molecule has 7 heteroatoms. The third-order valence-electron chi connectivity index (χ3n) is 2.87. The Morgan fingerprint density at radius 2 is 2.00 bits per heavy atom. The van der Waals surface area contributed by atoms with Gasteiger partial charge in [-0.25, -0.2) is 0 Å². The van der Waals surface area contributed by atoms with Gasteiger partial charge >= 0.3 is 0 Å². The first kappa shape index (κ1) is 10.7. The first-order valence-electron chi connectivity index (χ1n) is 5.03. The molecule has 88 valence electrons. The van der Waals surface area contributed by atoms with E-state index < -0.39 is 0 Å². The first-order chi connectivity index (χ1) is 7.56. The fourth-order valence-corrected chi connectivity index (χ4v) is 1.45. The van der Waals surface area contributed by atoms with E-state index in [1.54, 1.807) is 0 Å². The number of aromatic hydroxyl groups is 1. The summed E-state index contributed by atoms with van der Waals surface area (Å²) >= 11 is 0. The van der Waals surface area contributed by atoms with Crippen LogP contribution in [0.15, 0.2) is 0 Å². The van der Waals surface area contributed by atoms with E-state index in [1.165, 1.54) is 0 Å². The lowest BCUT2D eigenvalue weighted by molar-refractivity contribution is 0.219. The Labute approximate surface area is 92.5 Å². The predicted octanol–water partition coefficient (Wildman–Crippen LogP) is -0.469. The van der Waals surface area contributed by atoms with Crippen LogP contribution in [0.25, 0.3) is 0 Å². The monoisotopic (exact) mass is 225 g/mol. The molecule has 0 unspecified atom stereocenters. The van der Waals surface area contributed by atoms with Crippen LogP contribution in [0.1, 0.15) is 12.8 Å². The maximum Gasteiger partial charge on any atom is 0.241 e. The number of nitrogens with zero attached hydrogens (tertiary/aromatic N) is 2. The second-order valence-electron chi connectivity index (χ2n) is 4.18. The number of aliphatic hydroxyl groups is 1. The zero-order valence-corrected chi connectivity index (χ0v) is 8.77. The highest BCUT2D eigenvalue weighted by atomic mass is 16.3. The summed E-state index contributed by atoms with van der Waals surface area (Å²) in [4.78, 5) is 7.41. The minimum absolute atomic E-state index is 0.0388. The van der Waals surface area contributed by atoms with Gasteiger partial charge in [0, 0.05) is 12.0 Å². The van der Waals surface area contributed by atoms with Gasteiger partial charge in [-0.1, -0.05) is 0 Å². The molecule has 2 rings (SSSR count). The summed E-state index contributed by atoms with van der Waals surface area (Å²) in [5, 5.41) is 21.4. The molecule has 1 saturated carbocycles. The van der Waals surface area contributed by atoms with Gasteiger partial charge in [-0.05, 0) is 12.8 Å². The number of rotatable bonds is 4. The summed E-state index contributed by atoms with van der Waals surface area (Å²) in [6.07, 6.45) is 1.95. The average Bonchev–Trinajstić information content (AvgIpc) is 3.02. The Bertz CT molecular complexity index is 405. The van der Waals surface area contributed by atoms with E-state index in [0.717, 1.165) is 12.8 Å². The lowest BCUT2D eigenvalue weighted by atomic mass is 10.1. The molecule has 0 atom stereocenters. The number of hydrogen-bond acceptors (Lipinski definition) is 7. The van der Waals surface area contributed by atoms with E-state index in [1.807, 2.05) is 0 Å². The zero-order valence-electron chi connectivity index (χ0n) is 8.77. The van der Waals surface area contributed by atoms with Gasteiger partial charge in [0.25, 0.3) is 0 Å². The Morgan fingerprint density at radius 1 is 1.31 bits per heavy atom. The van der Waals surface area contributed by atoms with Crippen LogP contribution in [0.4, 0.5) is 17.5 Å². The zero-order chi connectivity index (χ0) is 11.8. The summed E-state index contributed by atoms with van der Waals surface area (Å²) in [5.41, 5.74) is 11.0. The summed E-state index contributed by atoms with van der Waals surface area (Å²) in [6.45, 7) is 0.691. The predicted molar refractivity (Wildman–Crippen MR) is 59.8 cm³/mol. The third kappa shape index (κ3) is 1.94. The van der Waals surface area contributed by atoms with Gasteiger partial charge in [0.2, 0.25) is 11.8 Å². The van der Waals surface area contributed by atoms with Crippen molar-refractivity contribution in [2.45, 2.75) is 12.8 Å². The Hall–Kier alpha value is -1.76. The van der Waals surface area contributed by atoms with Crippen molar-refractivity contribution in [2.75, 3.05) is 29.9 Å². The minimum atomic E-state index is -0.330. The third-order valence-corrected chi connectivity index (χ3v) is 2.87. The van der Waals surface area contributed by atoms with E-state index >= 15 is 0 Å². The Kier molecular flexibility index (Phi) is 2.47. The molecule has 1 fully saturated rings. The number of hydrogen-bond donors (Lipinski definition) is 5. The smallest absolute Gasteiger partial charge is 0.241 e. The van der Waals surface area contributed by atoms with Gasteiger partial charge in [-0.2, -0.15) is 9.97 Å². The van der Waals surface area contributed by atoms with Crippen molar-refractivity contribution in [3.8, 4) is 5.88 Å². The first-order valence-corrected chi connectivity index (χ1v) is 5.03. The maximum absolute atomic E-state index is 9.34. The second kappa shape index (κ2) is 3.67. The van der Waals surface area contributed by atoms with Gasteiger partial charge in [0.15, 0.2) is 5.82 Å². The summed E-state index contributed by atoms with van der Waals surface area (Å²) in [7, 11) is 0. The van der Waals surface area contributed by atoms with E-state index in [9.17, 15) is 5.11 Å². The summed E-state index contributed by atoms with van der Waals surface area (Å²) in [6, 6.07) is 0. The second-order valence-corrected chi connectivity index (χ2v) is 4.18. The molecular weight excluding hydrogens is 210 g/mol. The molecule has 1 aliphatic carbocycles. The molecule has 7 N–H and O–H groups in total. The van der Waals surface area contributed by atoms with E-state index in [-0.39, 0.29) is 29.5 Å². The number of anilines is 3. The van der Waals surface area contributed by atoms with Gasteiger partial charge in [-0.3, -0.25) is 0 Å². The highest BCUT2D eigenvalue weighted by Gasteiger charge is 2.41. The fourth-order valence-electron chi connectivity index (χ4n) is 1.45. The molecule has 0 aromatic carbocycles. The molecule has 0 aliphatic heterocycles. The van der Waals surface area contributed by atoms with Gasteiger partial charge in [0.05, 0.1) is 6.61 Å². The Balaban J connectivity index is 2.09. The van der Waals surface area contributed by atoms with Gasteiger partial charge in [0.1, 0.15) is 5.69 Å². The number of nitrogens with one attached hydrogen (secondary N) is 1. The van der Waals surface area contributed by atoms with Crippen LogP contribution in [0.3, 0.4) is 0 Å². The standard InChI is InChI=1S/C9H15N5O2/c10-5-6(13-8(11)14-7(5)16)12-3-9(4-15)1-2-9/h15H,1-4,10H2,(H4,11,12,13,14,16). The molecule has 0 amide bonds. The normalized spacial score (nSPS) is 17.1. The lowest BCUT2D eigenvalue weighted by Gasteiger charge is -2.14. The topological polar surface area (TPSA) is 130 Å². The highest BCUT2D eigenvalue weighted by molar-refractivity contribution is 5.68. The molecule has 16 heavy (non-hydrogen) atoms. The molecule has 0 saturated heterocycles.